The lowest BCUT2D eigenvalue weighted by molar-refractivity contribution is 0.0971. The average Bonchev–Trinajstić information content (AvgIpc) is 3.02. The molecule has 0 atom stereocenters. The second-order valence-corrected chi connectivity index (χ2v) is 9.91. The van der Waals surface area contributed by atoms with Gasteiger partial charge in [0.1, 0.15) is 11.3 Å². The molecule has 9 nitrogen and oxygen atoms in total. The van der Waals surface area contributed by atoms with Gasteiger partial charge in [-0.3, -0.25) is 23.9 Å². The monoisotopic (exact) mass is 579 g/mol. The summed E-state index contributed by atoms with van der Waals surface area (Å²) in [5.74, 6) is -0.442. The molecule has 216 valence electrons. The highest BCUT2D eigenvalue weighted by Crippen LogP contribution is 2.37. The number of carbonyl (C=O) groups excluding carboxylic acids is 2. The highest BCUT2D eigenvalue weighted by molar-refractivity contribution is 6.07. The number of rotatable bonds is 7. The van der Waals surface area contributed by atoms with Gasteiger partial charge in [-0.1, -0.05) is 18.2 Å². The van der Waals surface area contributed by atoms with Crippen LogP contribution >= 0.6 is 0 Å². The number of amides is 1. The number of para-hydroxylation sites is 1. The summed E-state index contributed by atoms with van der Waals surface area (Å²) in [6.45, 7) is 0. The number of nitrogens with zero attached hydrogens (tertiary/aromatic N) is 2. The Morgan fingerprint density at radius 1 is 0.884 bits per heavy atom. The molecule has 0 fully saturated rings. The number of pyridine rings is 2. The molecular weight excluding hydrogens is 553 g/mol. The summed E-state index contributed by atoms with van der Waals surface area (Å²) in [5.41, 5.74) is 1.37. The fraction of sp³-hybridized carbons (Fsp3) is 0.152. The van der Waals surface area contributed by atoms with Gasteiger partial charge in [0, 0.05) is 52.8 Å². The van der Waals surface area contributed by atoms with Crippen molar-refractivity contribution in [3.05, 3.63) is 112 Å². The molecule has 2 heterocycles. The van der Waals surface area contributed by atoms with Crippen molar-refractivity contribution in [2.24, 2.45) is 0 Å². The van der Waals surface area contributed by atoms with Crippen molar-refractivity contribution < 1.29 is 28.2 Å². The van der Waals surface area contributed by atoms with E-state index in [0.29, 0.717) is 64.4 Å². The molecule has 0 saturated heterocycles. The fourth-order valence-corrected chi connectivity index (χ4v) is 5.22. The summed E-state index contributed by atoms with van der Waals surface area (Å²) >= 11 is 0. The van der Waals surface area contributed by atoms with Crippen molar-refractivity contribution in [2.75, 3.05) is 19.5 Å². The van der Waals surface area contributed by atoms with Crippen molar-refractivity contribution in [3.8, 4) is 28.7 Å². The number of anilines is 1. The van der Waals surface area contributed by atoms with Gasteiger partial charge in [0.15, 0.2) is 28.8 Å². The second-order valence-electron chi connectivity index (χ2n) is 9.91. The number of carbonyl (C=O) groups is 2. The predicted molar refractivity (Wildman–Crippen MR) is 159 cm³/mol. The normalized spacial score (nSPS) is 12.5. The molecule has 1 amide bonds. The van der Waals surface area contributed by atoms with E-state index in [4.69, 9.17) is 14.2 Å². The molecule has 43 heavy (non-hydrogen) atoms. The van der Waals surface area contributed by atoms with Crippen LogP contribution < -0.4 is 25.1 Å². The standard InChI is InChI=1S/C33H26FN3O6/c1-41-30-17-21-25(18-31(30)42-2)35-14-13-28(21)43-29-12-11-19(15-24(29)34)36-32(39)23-16-22-26(9-6-10-27(22)38)37(33(23)40)20-7-4-3-5-8-20/h3-5,7-8,11-18H,6,9-10H2,1-2H3,(H,36,39). The van der Waals surface area contributed by atoms with E-state index in [-0.39, 0.29) is 22.8 Å². The molecule has 0 bridgehead atoms. The number of methoxy groups -OCH3 is 2. The van der Waals surface area contributed by atoms with Crippen LogP contribution in [0.5, 0.6) is 23.0 Å². The van der Waals surface area contributed by atoms with E-state index in [0.717, 1.165) is 6.07 Å². The van der Waals surface area contributed by atoms with Gasteiger partial charge in [0.25, 0.3) is 11.5 Å². The first-order valence-corrected chi connectivity index (χ1v) is 13.5. The molecule has 0 saturated carbocycles. The summed E-state index contributed by atoms with van der Waals surface area (Å²) in [4.78, 5) is 44.0. The Bertz CT molecular complexity index is 1960. The highest BCUT2D eigenvalue weighted by atomic mass is 19.1. The van der Waals surface area contributed by atoms with Crippen molar-refractivity contribution >= 4 is 28.3 Å². The number of aromatic nitrogens is 2. The molecule has 1 N–H and O–H groups in total. The number of halogens is 1. The average molecular weight is 580 g/mol. The number of nitrogens with one attached hydrogen (secondary N) is 1. The third-order valence-corrected chi connectivity index (χ3v) is 7.30. The van der Waals surface area contributed by atoms with E-state index in [2.05, 4.69) is 10.3 Å². The van der Waals surface area contributed by atoms with Gasteiger partial charge in [0.05, 0.1) is 19.7 Å². The van der Waals surface area contributed by atoms with Crippen molar-refractivity contribution in [3.63, 3.8) is 0 Å². The fourth-order valence-electron chi connectivity index (χ4n) is 5.22. The highest BCUT2D eigenvalue weighted by Gasteiger charge is 2.26. The zero-order chi connectivity index (χ0) is 30.1. The van der Waals surface area contributed by atoms with E-state index >= 15 is 4.39 Å². The maximum atomic E-state index is 15.2. The lowest BCUT2D eigenvalue weighted by atomic mass is 9.92. The third kappa shape index (κ3) is 5.19. The number of ketones is 1. The van der Waals surface area contributed by atoms with Crippen molar-refractivity contribution in [1.82, 2.24) is 9.55 Å². The minimum absolute atomic E-state index is 0.0916. The zero-order valence-electron chi connectivity index (χ0n) is 23.3. The van der Waals surface area contributed by atoms with Crippen molar-refractivity contribution in [1.29, 1.82) is 0 Å². The molecule has 5 aromatic rings. The van der Waals surface area contributed by atoms with Crippen LogP contribution in [-0.4, -0.2) is 35.5 Å². The van der Waals surface area contributed by atoms with Crippen LogP contribution in [0.25, 0.3) is 16.6 Å². The molecule has 0 spiro atoms. The molecule has 1 aliphatic rings. The zero-order valence-corrected chi connectivity index (χ0v) is 23.3. The summed E-state index contributed by atoms with van der Waals surface area (Å²) in [7, 11) is 3.02. The summed E-state index contributed by atoms with van der Waals surface area (Å²) in [6.07, 6.45) is 3.02. The summed E-state index contributed by atoms with van der Waals surface area (Å²) in [6, 6.07) is 19.1. The maximum absolute atomic E-state index is 15.2. The van der Waals surface area contributed by atoms with Crippen LogP contribution in [0.2, 0.25) is 0 Å². The van der Waals surface area contributed by atoms with Gasteiger partial charge in [-0.2, -0.15) is 0 Å². The number of hydrogen-bond donors (Lipinski definition) is 1. The molecule has 0 unspecified atom stereocenters. The van der Waals surface area contributed by atoms with Crippen LogP contribution in [0.3, 0.4) is 0 Å². The van der Waals surface area contributed by atoms with Crippen LogP contribution in [0.4, 0.5) is 10.1 Å². The SMILES string of the molecule is COc1cc2nccc(Oc3ccc(NC(=O)c4cc5c(n(-c6ccccc6)c4=O)CCCC5=O)cc3F)c2cc1OC. The minimum atomic E-state index is -0.759. The predicted octanol–water partition coefficient (Wildman–Crippen LogP) is 6.11. The number of ether oxygens (including phenoxy) is 3. The van der Waals surface area contributed by atoms with Crippen LogP contribution in [0, 0.1) is 5.82 Å². The summed E-state index contributed by atoms with van der Waals surface area (Å²) < 4.78 is 33.3. The van der Waals surface area contributed by atoms with Gasteiger partial charge in [0.2, 0.25) is 0 Å². The van der Waals surface area contributed by atoms with E-state index in [9.17, 15) is 14.4 Å². The molecular formula is C33H26FN3O6. The Labute approximate surface area is 245 Å². The molecule has 10 heteroatoms. The van der Waals surface area contributed by atoms with Crippen LogP contribution in [0.1, 0.15) is 39.3 Å². The lowest BCUT2D eigenvalue weighted by Gasteiger charge is -2.21. The van der Waals surface area contributed by atoms with Gasteiger partial charge >= 0.3 is 0 Å². The number of benzene rings is 3. The van der Waals surface area contributed by atoms with Gasteiger partial charge in [-0.15, -0.1) is 0 Å². The minimum Gasteiger partial charge on any atom is -0.493 e. The molecule has 0 radical (unpaired) electrons. The van der Waals surface area contributed by atoms with E-state index < -0.39 is 17.3 Å². The topological polar surface area (TPSA) is 109 Å². The first kappa shape index (κ1) is 27.6. The number of fused-ring (bicyclic) bond motifs is 2. The Morgan fingerprint density at radius 3 is 2.40 bits per heavy atom. The van der Waals surface area contributed by atoms with Crippen LogP contribution in [-0.2, 0) is 6.42 Å². The Hall–Kier alpha value is -5.51. The smallest absolute Gasteiger partial charge is 0.268 e. The van der Waals surface area contributed by atoms with E-state index in [1.54, 1.807) is 42.5 Å². The Morgan fingerprint density at radius 2 is 1.65 bits per heavy atom. The van der Waals surface area contributed by atoms with Crippen molar-refractivity contribution in [2.45, 2.75) is 19.3 Å². The molecule has 1 aliphatic carbocycles. The van der Waals surface area contributed by atoms with Gasteiger partial charge < -0.3 is 19.5 Å². The summed E-state index contributed by atoms with van der Waals surface area (Å²) in [5, 5.41) is 3.17. The first-order valence-electron chi connectivity index (χ1n) is 13.5. The maximum Gasteiger partial charge on any atom is 0.268 e. The van der Waals surface area contributed by atoms with Crippen LogP contribution in [0.15, 0.2) is 83.8 Å². The number of Topliss-reactive ketones (excluding diaryl/α,β-unsaturated/α-hetero) is 1. The number of hydrogen-bond acceptors (Lipinski definition) is 7. The van der Waals surface area contributed by atoms with E-state index in [1.165, 1.54) is 43.2 Å². The lowest BCUT2D eigenvalue weighted by Crippen LogP contribution is -2.33. The Balaban J connectivity index is 1.30. The van der Waals surface area contributed by atoms with Gasteiger partial charge in [-0.05, 0) is 55.3 Å². The molecule has 6 rings (SSSR count). The Kier molecular flexibility index (Phi) is 7.33. The molecule has 0 aliphatic heterocycles. The first-order chi connectivity index (χ1) is 20.9. The second kappa shape index (κ2) is 11.4. The third-order valence-electron chi connectivity index (χ3n) is 7.30. The molecule has 3 aromatic carbocycles. The quantitative estimate of drug-likeness (QED) is 0.248. The largest absolute Gasteiger partial charge is 0.493 e. The van der Waals surface area contributed by atoms with Gasteiger partial charge in [-0.25, -0.2) is 4.39 Å². The molecule has 2 aromatic heterocycles. The van der Waals surface area contributed by atoms with E-state index in [1.807, 2.05) is 6.07 Å².